The van der Waals surface area contributed by atoms with Gasteiger partial charge in [-0.3, -0.25) is 4.68 Å². The minimum absolute atomic E-state index is 0.0364. The Balaban J connectivity index is 1.73. The van der Waals surface area contributed by atoms with Gasteiger partial charge in [-0.25, -0.2) is 4.79 Å². The summed E-state index contributed by atoms with van der Waals surface area (Å²) in [6.45, 7) is 5.81. The number of nitrogens with one attached hydrogen (secondary N) is 2. The summed E-state index contributed by atoms with van der Waals surface area (Å²) in [6, 6.07) is 7.68. The predicted molar refractivity (Wildman–Crippen MR) is 95.5 cm³/mol. The molecule has 2 heterocycles. The lowest BCUT2D eigenvalue weighted by atomic mass is 10.0. The summed E-state index contributed by atoms with van der Waals surface area (Å²) in [7, 11) is 1.87. The molecule has 1 aromatic carbocycles. The zero-order valence-corrected chi connectivity index (χ0v) is 14.9. The van der Waals surface area contributed by atoms with Crippen molar-refractivity contribution in [2.45, 2.75) is 19.9 Å². The average molecular weight is 348 g/mol. The van der Waals surface area contributed by atoms with E-state index in [1.807, 2.05) is 50.1 Å². The van der Waals surface area contributed by atoms with Crippen LogP contribution in [0.5, 0.6) is 0 Å². The lowest BCUT2D eigenvalue weighted by Gasteiger charge is -2.34. The Bertz CT molecular complexity index is 757. The van der Waals surface area contributed by atoms with Crippen molar-refractivity contribution in [3.63, 3.8) is 0 Å². The molecule has 0 aliphatic carbocycles. The number of rotatable bonds is 2. The van der Waals surface area contributed by atoms with Crippen molar-refractivity contribution in [3.05, 3.63) is 46.2 Å². The number of anilines is 1. The van der Waals surface area contributed by atoms with Crippen LogP contribution in [0.3, 0.4) is 0 Å². The first-order chi connectivity index (χ1) is 11.5. The largest absolute Gasteiger partial charge is 0.322 e. The van der Waals surface area contributed by atoms with E-state index in [2.05, 4.69) is 15.7 Å². The number of aryl methyl sites for hydroxylation is 2. The molecule has 0 saturated carbocycles. The monoisotopic (exact) mass is 347 g/mol. The Kier molecular flexibility index (Phi) is 4.78. The third-order valence-electron chi connectivity index (χ3n) is 4.48. The van der Waals surface area contributed by atoms with Gasteiger partial charge in [-0.2, -0.15) is 5.10 Å². The lowest BCUT2D eigenvalue weighted by molar-refractivity contribution is 0.190. The van der Waals surface area contributed by atoms with Crippen molar-refractivity contribution < 1.29 is 4.79 Å². The van der Waals surface area contributed by atoms with Crippen LogP contribution in [0, 0.1) is 13.8 Å². The van der Waals surface area contributed by atoms with Gasteiger partial charge in [0.05, 0.1) is 23.1 Å². The van der Waals surface area contributed by atoms with Gasteiger partial charge in [0.2, 0.25) is 0 Å². The molecule has 24 heavy (non-hydrogen) atoms. The zero-order valence-electron chi connectivity index (χ0n) is 14.1. The van der Waals surface area contributed by atoms with E-state index in [1.54, 1.807) is 4.68 Å². The van der Waals surface area contributed by atoms with Crippen LogP contribution in [0.1, 0.15) is 23.0 Å². The third-order valence-corrected chi connectivity index (χ3v) is 4.83. The van der Waals surface area contributed by atoms with E-state index in [4.69, 9.17) is 11.6 Å². The Morgan fingerprint density at radius 2 is 2.12 bits per heavy atom. The molecule has 2 amide bonds. The Hall–Kier alpha value is -2.05. The van der Waals surface area contributed by atoms with Gasteiger partial charge < -0.3 is 15.5 Å². The quantitative estimate of drug-likeness (QED) is 0.878. The van der Waals surface area contributed by atoms with Crippen molar-refractivity contribution in [1.82, 2.24) is 20.0 Å². The number of benzene rings is 1. The van der Waals surface area contributed by atoms with Gasteiger partial charge in [-0.1, -0.05) is 29.8 Å². The summed E-state index contributed by atoms with van der Waals surface area (Å²) in [5.41, 5.74) is 3.57. The number of hydrogen-bond donors (Lipinski definition) is 2. The summed E-state index contributed by atoms with van der Waals surface area (Å²) in [5.74, 6) is 0. The highest BCUT2D eigenvalue weighted by atomic mass is 35.5. The van der Waals surface area contributed by atoms with Crippen LogP contribution in [0.2, 0.25) is 5.02 Å². The zero-order chi connectivity index (χ0) is 17.3. The van der Waals surface area contributed by atoms with Crippen LogP contribution in [-0.2, 0) is 7.05 Å². The number of urea groups is 1. The highest BCUT2D eigenvalue weighted by Gasteiger charge is 2.26. The topological polar surface area (TPSA) is 62.2 Å². The normalized spacial score (nSPS) is 17.8. The highest BCUT2D eigenvalue weighted by molar-refractivity contribution is 6.31. The molecule has 1 aliphatic heterocycles. The minimum Gasteiger partial charge on any atom is -0.321 e. The first-order valence-corrected chi connectivity index (χ1v) is 8.39. The molecule has 6 nitrogen and oxygen atoms in total. The molecule has 1 atom stereocenters. The SMILES string of the molecule is Cc1nn(C)c(C)c1NC(=O)N1CCNC(c2ccccc2Cl)C1. The van der Waals surface area contributed by atoms with E-state index >= 15 is 0 Å². The van der Waals surface area contributed by atoms with Crippen LogP contribution >= 0.6 is 11.6 Å². The molecule has 1 saturated heterocycles. The molecule has 1 fully saturated rings. The molecular weight excluding hydrogens is 326 g/mol. The van der Waals surface area contributed by atoms with Gasteiger partial charge in [-0.15, -0.1) is 0 Å². The van der Waals surface area contributed by atoms with Crippen LogP contribution < -0.4 is 10.6 Å². The van der Waals surface area contributed by atoms with Crippen molar-refractivity contribution in [2.75, 3.05) is 25.0 Å². The number of halogens is 1. The van der Waals surface area contributed by atoms with Crippen LogP contribution in [0.25, 0.3) is 0 Å². The van der Waals surface area contributed by atoms with Crippen LogP contribution in [0.15, 0.2) is 24.3 Å². The van der Waals surface area contributed by atoms with E-state index in [0.29, 0.717) is 13.1 Å². The van der Waals surface area contributed by atoms with Crippen LogP contribution in [0.4, 0.5) is 10.5 Å². The van der Waals surface area contributed by atoms with Crippen molar-refractivity contribution in [3.8, 4) is 0 Å². The molecule has 0 bridgehead atoms. The number of carbonyl (C=O) groups is 1. The predicted octanol–water partition coefficient (Wildman–Crippen LogP) is 2.87. The van der Waals surface area contributed by atoms with Gasteiger partial charge in [-0.05, 0) is 25.5 Å². The summed E-state index contributed by atoms with van der Waals surface area (Å²) < 4.78 is 1.77. The number of piperazine rings is 1. The standard InChI is InChI=1S/C17H22ClN5O/c1-11-16(12(2)22(3)21-11)20-17(24)23-9-8-19-15(10-23)13-6-4-5-7-14(13)18/h4-7,15,19H,8-10H2,1-3H3,(H,20,24). The minimum atomic E-state index is -0.104. The maximum Gasteiger partial charge on any atom is 0.322 e. The number of carbonyl (C=O) groups excluding carboxylic acids is 1. The number of nitrogens with zero attached hydrogens (tertiary/aromatic N) is 3. The molecule has 3 rings (SSSR count). The Labute approximate surface area is 146 Å². The second-order valence-corrected chi connectivity index (χ2v) is 6.48. The number of hydrogen-bond acceptors (Lipinski definition) is 3. The van der Waals surface area contributed by atoms with Gasteiger partial charge in [0, 0.05) is 31.7 Å². The summed E-state index contributed by atoms with van der Waals surface area (Å²) in [5, 5.41) is 11.5. The first kappa shape index (κ1) is 16.8. The fraction of sp³-hybridized carbons (Fsp3) is 0.412. The second-order valence-electron chi connectivity index (χ2n) is 6.07. The van der Waals surface area contributed by atoms with Gasteiger partial charge in [0.1, 0.15) is 0 Å². The smallest absolute Gasteiger partial charge is 0.321 e. The number of aromatic nitrogens is 2. The van der Waals surface area contributed by atoms with Crippen molar-refractivity contribution in [2.24, 2.45) is 7.05 Å². The fourth-order valence-electron chi connectivity index (χ4n) is 3.04. The van der Waals surface area contributed by atoms with Gasteiger partial charge in [0.15, 0.2) is 0 Å². The molecule has 2 aromatic rings. The van der Waals surface area contributed by atoms with Crippen LogP contribution in [-0.4, -0.2) is 40.3 Å². The lowest BCUT2D eigenvalue weighted by Crippen LogP contribution is -2.49. The Morgan fingerprint density at radius 3 is 2.79 bits per heavy atom. The molecule has 1 aromatic heterocycles. The summed E-state index contributed by atoms with van der Waals surface area (Å²) in [4.78, 5) is 14.5. The second kappa shape index (κ2) is 6.83. The maximum absolute atomic E-state index is 12.7. The van der Waals surface area contributed by atoms with Gasteiger partial charge in [0.25, 0.3) is 0 Å². The van der Waals surface area contributed by atoms with Crippen molar-refractivity contribution >= 4 is 23.3 Å². The van der Waals surface area contributed by atoms with E-state index in [1.165, 1.54) is 0 Å². The third kappa shape index (κ3) is 3.25. The van der Waals surface area contributed by atoms with E-state index in [0.717, 1.165) is 34.2 Å². The maximum atomic E-state index is 12.7. The molecule has 1 aliphatic rings. The fourth-order valence-corrected chi connectivity index (χ4v) is 3.31. The Morgan fingerprint density at radius 1 is 1.38 bits per heavy atom. The molecule has 2 N–H and O–H groups in total. The molecule has 0 radical (unpaired) electrons. The molecule has 128 valence electrons. The van der Waals surface area contributed by atoms with Crippen molar-refractivity contribution in [1.29, 1.82) is 0 Å². The summed E-state index contributed by atoms with van der Waals surface area (Å²) in [6.07, 6.45) is 0. The average Bonchev–Trinajstić information content (AvgIpc) is 2.81. The molecule has 1 unspecified atom stereocenters. The molecule has 0 spiro atoms. The first-order valence-electron chi connectivity index (χ1n) is 8.01. The molecule has 7 heteroatoms. The summed E-state index contributed by atoms with van der Waals surface area (Å²) >= 11 is 6.29. The van der Waals surface area contributed by atoms with E-state index in [9.17, 15) is 4.79 Å². The van der Waals surface area contributed by atoms with E-state index in [-0.39, 0.29) is 12.1 Å². The van der Waals surface area contributed by atoms with Gasteiger partial charge >= 0.3 is 6.03 Å². The number of amides is 2. The van der Waals surface area contributed by atoms with E-state index < -0.39 is 0 Å². The molecular formula is C17H22ClN5O. The highest BCUT2D eigenvalue weighted by Crippen LogP contribution is 2.25.